The van der Waals surface area contributed by atoms with Gasteiger partial charge in [0.2, 0.25) is 0 Å². The zero-order valence-corrected chi connectivity index (χ0v) is 15.4. The lowest BCUT2D eigenvalue weighted by Crippen LogP contribution is -2.40. The standard InChI is InChI=1S/C16H27N5O4/c1-18-12-17-14-13(18)15(22)21(16(23)19(14)2)7-5-6-20(8-10-24-3)9-11-25-4/h12H,5-11H2,1-4H3. The van der Waals surface area contributed by atoms with Crippen LogP contribution in [0.5, 0.6) is 0 Å². The number of aromatic nitrogens is 4. The summed E-state index contributed by atoms with van der Waals surface area (Å²) in [6.45, 7) is 3.95. The second-order valence-corrected chi connectivity index (χ2v) is 6.01. The first-order valence-corrected chi connectivity index (χ1v) is 8.32. The van der Waals surface area contributed by atoms with E-state index in [2.05, 4.69) is 9.88 Å². The van der Waals surface area contributed by atoms with Crippen molar-refractivity contribution >= 4 is 11.2 Å². The van der Waals surface area contributed by atoms with Crippen molar-refractivity contribution in [2.75, 3.05) is 47.1 Å². The molecule has 0 unspecified atom stereocenters. The van der Waals surface area contributed by atoms with E-state index in [1.165, 1.54) is 9.13 Å². The Morgan fingerprint density at radius 3 is 2.32 bits per heavy atom. The highest BCUT2D eigenvalue weighted by atomic mass is 16.5. The summed E-state index contributed by atoms with van der Waals surface area (Å²) in [4.78, 5) is 31.4. The van der Waals surface area contributed by atoms with Crippen molar-refractivity contribution in [3.05, 3.63) is 27.2 Å². The van der Waals surface area contributed by atoms with E-state index in [1.54, 1.807) is 39.2 Å². The zero-order valence-electron chi connectivity index (χ0n) is 15.4. The molecule has 0 aliphatic rings. The van der Waals surface area contributed by atoms with E-state index in [4.69, 9.17) is 9.47 Å². The fourth-order valence-electron chi connectivity index (χ4n) is 2.82. The Bertz CT molecular complexity index is 799. The van der Waals surface area contributed by atoms with Crippen LogP contribution in [-0.4, -0.2) is 70.7 Å². The van der Waals surface area contributed by atoms with Crippen LogP contribution in [0, 0.1) is 0 Å². The van der Waals surface area contributed by atoms with Gasteiger partial charge in [-0.15, -0.1) is 0 Å². The molecule has 0 radical (unpaired) electrons. The molecule has 2 aromatic heterocycles. The highest BCUT2D eigenvalue weighted by Crippen LogP contribution is 2.03. The molecule has 0 spiro atoms. The number of fused-ring (bicyclic) bond motifs is 1. The smallest absolute Gasteiger partial charge is 0.332 e. The second kappa shape index (κ2) is 8.93. The lowest BCUT2D eigenvalue weighted by molar-refractivity contribution is 0.112. The Morgan fingerprint density at radius 2 is 1.72 bits per heavy atom. The number of imidazole rings is 1. The summed E-state index contributed by atoms with van der Waals surface area (Å²) in [5.41, 5.74) is 0.225. The summed E-state index contributed by atoms with van der Waals surface area (Å²) < 4.78 is 14.6. The van der Waals surface area contributed by atoms with Crippen LogP contribution in [0.4, 0.5) is 0 Å². The van der Waals surface area contributed by atoms with Crippen LogP contribution >= 0.6 is 0 Å². The molecule has 0 amide bonds. The van der Waals surface area contributed by atoms with Crippen LogP contribution in [0.25, 0.3) is 11.2 Å². The van der Waals surface area contributed by atoms with E-state index < -0.39 is 0 Å². The van der Waals surface area contributed by atoms with Gasteiger partial charge >= 0.3 is 5.69 Å². The SMILES string of the molecule is COCCN(CCCn1c(=O)c2c(ncn2C)n(C)c1=O)CCOC. The molecule has 0 atom stereocenters. The fraction of sp³-hybridized carbons (Fsp3) is 0.688. The topological polar surface area (TPSA) is 83.5 Å². The molecule has 9 heteroatoms. The molecule has 2 rings (SSSR count). The third-order valence-electron chi connectivity index (χ3n) is 4.28. The fourth-order valence-corrected chi connectivity index (χ4v) is 2.82. The average molecular weight is 353 g/mol. The third-order valence-corrected chi connectivity index (χ3v) is 4.28. The first-order chi connectivity index (χ1) is 12.0. The maximum atomic E-state index is 12.6. The van der Waals surface area contributed by atoms with Gasteiger partial charge in [0.25, 0.3) is 5.56 Å². The van der Waals surface area contributed by atoms with Crippen LogP contribution in [0.1, 0.15) is 6.42 Å². The highest BCUT2D eigenvalue weighted by molar-refractivity contribution is 5.69. The van der Waals surface area contributed by atoms with Crippen LogP contribution in [0.3, 0.4) is 0 Å². The van der Waals surface area contributed by atoms with Crippen molar-refractivity contribution in [2.24, 2.45) is 14.1 Å². The van der Waals surface area contributed by atoms with Gasteiger partial charge in [-0.2, -0.15) is 0 Å². The molecule has 0 fully saturated rings. The van der Waals surface area contributed by atoms with E-state index in [-0.39, 0.29) is 11.2 Å². The van der Waals surface area contributed by atoms with Gasteiger partial charge in [-0.25, -0.2) is 9.78 Å². The maximum Gasteiger partial charge on any atom is 0.332 e. The molecule has 25 heavy (non-hydrogen) atoms. The summed E-state index contributed by atoms with van der Waals surface area (Å²) in [6, 6.07) is 0. The van der Waals surface area contributed by atoms with Crippen molar-refractivity contribution in [1.82, 2.24) is 23.6 Å². The first-order valence-electron chi connectivity index (χ1n) is 8.32. The van der Waals surface area contributed by atoms with Crippen LogP contribution < -0.4 is 11.2 Å². The number of hydrogen-bond donors (Lipinski definition) is 0. The number of nitrogens with zero attached hydrogens (tertiary/aromatic N) is 5. The lowest BCUT2D eigenvalue weighted by Gasteiger charge is -2.21. The lowest BCUT2D eigenvalue weighted by atomic mass is 10.3. The largest absolute Gasteiger partial charge is 0.383 e. The van der Waals surface area contributed by atoms with Gasteiger partial charge in [0.1, 0.15) is 0 Å². The van der Waals surface area contributed by atoms with Gasteiger partial charge in [-0.05, 0) is 6.42 Å². The van der Waals surface area contributed by atoms with E-state index in [1.807, 2.05) is 0 Å². The normalized spacial score (nSPS) is 11.7. The number of hydrogen-bond acceptors (Lipinski definition) is 6. The summed E-state index contributed by atoms with van der Waals surface area (Å²) in [6.07, 6.45) is 2.24. The summed E-state index contributed by atoms with van der Waals surface area (Å²) in [5.74, 6) is 0. The quantitative estimate of drug-likeness (QED) is 0.568. The van der Waals surface area contributed by atoms with E-state index >= 15 is 0 Å². The molecule has 2 heterocycles. The van der Waals surface area contributed by atoms with Crippen LogP contribution in [0.15, 0.2) is 15.9 Å². The summed E-state index contributed by atoms with van der Waals surface area (Å²) in [7, 11) is 6.72. The Balaban J connectivity index is 2.13. The first kappa shape index (κ1) is 19.4. The summed E-state index contributed by atoms with van der Waals surface area (Å²) in [5, 5.41) is 0. The molecule has 9 nitrogen and oxygen atoms in total. The number of rotatable bonds is 10. The minimum Gasteiger partial charge on any atom is -0.383 e. The Kier molecular flexibility index (Phi) is 6.91. The van der Waals surface area contributed by atoms with Crippen molar-refractivity contribution < 1.29 is 9.47 Å². The van der Waals surface area contributed by atoms with Crippen molar-refractivity contribution in [1.29, 1.82) is 0 Å². The van der Waals surface area contributed by atoms with Gasteiger partial charge in [0, 0.05) is 54.5 Å². The molecule has 0 aromatic carbocycles. The predicted octanol–water partition coefficient (Wildman–Crippen LogP) is -0.581. The zero-order chi connectivity index (χ0) is 18.4. The average Bonchev–Trinajstić information content (AvgIpc) is 2.99. The Morgan fingerprint density at radius 1 is 1.08 bits per heavy atom. The molecule has 0 aliphatic heterocycles. The Labute approximate surface area is 146 Å². The molecule has 140 valence electrons. The molecule has 0 bridgehead atoms. The van der Waals surface area contributed by atoms with E-state index in [9.17, 15) is 9.59 Å². The molecule has 0 saturated heterocycles. The van der Waals surface area contributed by atoms with Gasteiger partial charge < -0.3 is 14.0 Å². The van der Waals surface area contributed by atoms with Gasteiger partial charge in [0.15, 0.2) is 11.2 Å². The monoisotopic (exact) mass is 353 g/mol. The third kappa shape index (κ3) is 4.36. The maximum absolute atomic E-state index is 12.6. The number of ether oxygens (including phenoxy) is 2. The molecular weight excluding hydrogens is 326 g/mol. The van der Waals surface area contributed by atoms with Gasteiger partial charge in [0.05, 0.1) is 19.5 Å². The van der Waals surface area contributed by atoms with E-state index in [0.717, 1.165) is 19.6 Å². The van der Waals surface area contributed by atoms with Crippen molar-refractivity contribution in [3.8, 4) is 0 Å². The minimum atomic E-state index is -0.337. The minimum absolute atomic E-state index is 0.293. The Hall–Kier alpha value is -1.97. The predicted molar refractivity (Wildman–Crippen MR) is 95.0 cm³/mol. The highest BCUT2D eigenvalue weighted by Gasteiger charge is 2.15. The van der Waals surface area contributed by atoms with Crippen molar-refractivity contribution in [2.45, 2.75) is 13.0 Å². The van der Waals surface area contributed by atoms with Gasteiger partial charge in [-0.1, -0.05) is 0 Å². The molecule has 0 saturated carbocycles. The summed E-state index contributed by atoms with van der Waals surface area (Å²) >= 11 is 0. The number of methoxy groups -OCH3 is 2. The molecule has 2 aromatic rings. The second-order valence-electron chi connectivity index (χ2n) is 6.01. The van der Waals surface area contributed by atoms with E-state index in [0.29, 0.717) is 37.3 Å². The molecule has 0 N–H and O–H groups in total. The van der Waals surface area contributed by atoms with Gasteiger partial charge in [-0.3, -0.25) is 18.8 Å². The van der Waals surface area contributed by atoms with Crippen LogP contribution in [-0.2, 0) is 30.1 Å². The van der Waals surface area contributed by atoms with Crippen LogP contribution in [0.2, 0.25) is 0 Å². The molecule has 0 aliphatic carbocycles. The molecular formula is C16H27N5O4. The van der Waals surface area contributed by atoms with Crippen molar-refractivity contribution in [3.63, 3.8) is 0 Å². The number of aryl methyl sites for hydroxylation is 2.